The number of halogens is 1. The minimum absolute atomic E-state index is 0.263. The van der Waals surface area contributed by atoms with E-state index < -0.39 is 5.97 Å². The fourth-order valence-corrected chi connectivity index (χ4v) is 1.76. The Balaban J connectivity index is 2.49. The summed E-state index contributed by atoms with van der Waals surface area (Å²) in [6.07, 6.45) is 1.55. The minimum atomic E-state index is -0.421. The standard InChI is InChI=1S/C11H9BrO3/c1-2-14-11(13)10-9-4-3-8(12)5-7(9)6-15-10/h3-6H,2H2,1H3. The van der Waals surface area contributed by atoms with E-state index in [-0.39, 0.29) is 5.76 Å². The molecule has 0 amide bonds. The number of ether oxygens (including phenoxy) is 1. The normalized spacial score (nSPS) is 10.5. The number of rotatable bonds is 2. The zero-order chi connectivity index (χ0) is 10.8. The molecule has 4 heteroatoms. The third-order valence-corrected chi connectivity index (χ3v) is 2.52. The Morgan fingerprint density at radius 1 is 1.53 bits per heavy atom. The molecule has 1 aromatic carbocycles. The van der Waals surface area contributed by atoms with Gasteiger partial charge >= 0.3 is 5.97 Å². The molecule has 2 rings (SSSR count). The van der Waals surface area contributed by atoms with Crippen molar-refractivity contribution >= 4 is 32.7 Å². The summed E-state index contributed by atoms with van der Waals surface area (Å²) in [4.78, 5) is 11.5. The number of carbonyl (C=O) groups excluding carboxylic acids is 1. The lowest BCUT2D eigenvalue weighted by molar-refractivity contribution is 0.0493. The van der Waals surface area contributed by atoms with E-state index in [0.29, 0.717) is 6.61 Å². The first-order valence-corrected chi connectivity index (χ1v) is 5.35. The van der Waals surface area contributed by atoms with Gasteiger partial charge in [-0.2, -0.15) is 0 Å². The Hall–Kier alpha value is -1.29. The average molecular weight is 269 g/mol. The summed E-state index contributed by atoms with van der Waals surface area (Å²) in [6, 6.07) is 5.58. The molecule has 0 saturated heterocycles. The molecule has 0 spiro atoms. The number of hydrogen-bond acceptors (Lipinski definition) is 3. The first-order valence-electron chi connectivity index (χ1n) is 4.56. The number of furan rings is 1. The van der Waals surface area contributed by atoms with Crippen molar-refractivity contribution in [3.8, 4) is 0 Å². The van der Waals surface area contributed by atoms with Crippen molar-refractivity contribution in [2.24, 2.45) is 0 Å². The van der Waals surface area contributed by atoms with Crippen LogP contribution in [0.2, 0.25) is 0 Å². The topological polar surface area (TPSA) is 39.4 Å². The molecule has 0 saturated carbocycles. The molecule has 0 radical (unpaired) electrons. The van der Waals surface area contributed by atoms with Crippen LogP contribution in [-0.4, -0.2) is 12.6 Å². The van der Waals surface area contributed by atoms with E-state index >= 15 is 0 Å². The van der Waals surface area contributed by atoms with Gasteiger partial charge in [0.15, 0.2) is 0 Å². The molecule has 0 aliphatic heterocycles. The second-order valence-electron chi connectivity index (χ2n) is 3.02. The van der Waals surface area contributed by atoms with E-state index in [2.05, 4.69) is 15.9 Å². The first-order chi connectivity index (χ1) is 7.22. The smallest absolute Gasteiger partial charge is 0.374 e. The lowest BCUT2D eigenvalue weighted by Crippen LogP contribution is -2.03. The molecule has 0 N–H and O–H groups in total. The van der Waals surface area contributed by atoms with Gasteiger partial charge in [0.25, 0.3) is 0 Å². The zero-order valence-electron chi connectivity index (χ0n) is 8.12. The van der Waals surface area contributed by atoms with Crippen LogP contribution in [-0.2, 0) is 4.74 Å². The van der Waals surface area contributed by atoms with Gasteiger partial charge < -0.3 is 9.15 Å². The van der Waals surface area contributed by atoms with Crippen LogP contribution < -0.4 is 0 Å². The van der Waals surface area contributed by atoms with Crippen molar-refractivity contribution in [3.63, 3.8) is 0 Å². The highest BCUT2D eigenvalue weighted by Crippen LogP contribution is 2.25. The van der Waals surface area contributed by atoms with Gasteiger partial charge in [0.05, 0.1) is 12.9 Å². The third kappa shape index (κ3) is 1.90. The molecule has 0 aliphatic rings. The van der Waals surface area contributed by atoms with Crippen molar-refractivity contribution in [1.82, 2.24) is 0 Å². The summed E-state index contributed by atoms with van der Waals surface area (Å²) in [7, 11) is 0. The lowest BCUT2D eigenvalue weighted by Gasteiger charge is -1.98. The molecule has 0 aliphatic carbocycles. The summed E-state index contributed by atoms with van der Waals surface area (Å²) in [5.41, 5.74) is 0. The molecule has 0 bridgehead atoms. The van der Waals surface area contributed by atoms with Gasteiger partial charge in [0.1, 0.15) is 0 Å². The summed E-state index contributed by atoms with van der Waals surface area (Å²) in [5.74, 6) is -0.158. The van der Waals surface area contributed by atoms with Crippen molar-refractivity contribution in [3.05, 3.63) is 34.7 Å². The van der Waals surface area contributed by atoms with Crippen molar-refractivity contribution in [1.29, 1.82) is 0 Å². The van der Waals surface area contributed by atoms with E-state index in [1.165, 1.54) is 0 Å². The highest BCUT2D eigenvalue weighted by Gasteiger charge is 2.15. The van der Waals surface area contributed by atoms with Gasteiger partial charge in [-0.1, -0.05) is 15.9 Å². The summed E-state index contributed by atoms with van der Waals surface area (Å²) in [5, 5.41) is 1.66. The molecule has 0 atom stereocenters. The van der Waals surface area contributed by atoms with Crippen LogP contribution in [0.4, 0.5) is 0 Å². The number of hydrogen-bond donors (Lipinski definition) is 0. The van der Waals surface area contributed by atoms with Gasteiger partial charge in [0.2, 0.25) is 5.76 Å². The van der Waals surface area contributed by atoms with Crippen LogP contribution in [0.5, 0.6) is 0 Å². The number of esters is 1. The fraction of sp³-hybridized carbons (Fsp3) is 0.182. The molecule has 15 heavy (non-hydrogen) atoms. The summed E-state index contributed by atoms with van der Waals surface area (Å²) in [6.45, 7) is 2.11. The minimum Gasteiger partial charge on any atom is -0.460 e. The van der Waals surface area contributed by atoms with Gasteiger partial charge in [-0.05, 0) is 25.1 Å². The largest absolute Gasteiger partial charge is 0.460 e. The predicted octanol–water partition coefficient (Wildman–Crippen LogP) is 3.37. The summed E-state index contributed by atoms with van der Waals surface area (Å²) >= 11 is 3.35. The van der Waals surface area contributed by atoms with Crippen LogP contribution in [0, 0.1) is 0 Å². The van der Waals surface area contributed by atoms with E-state index in [0.717, 1.165) is 15.2 Å². The predicted molar refractivity (Wildman–Crippen MR) is 59.9 cm³/mol. The molecule has 1 heterocycles. The van der Waals surface area contributed by atoms with Crippen molar-refractivity contribution in [2.75, 3.05) is 6.61 Å². The Morgan fingerprint density at radius 2 is 2.33 bits per heavy atom. The van der Waals surface area contributed by atoms with Crippen LogP contribution in [0.3, 0.4) is 0 Å². The van der Waals surface area contributed by atoms with Crippen LogP contribution in [0.15, 0.2) is 33.4 Å². The van der Waals surface area contributed by atoms with Gasteiger partial charge in [0, 0.05) is 15.2 Å². The van der Waals surface area contributed by atoms with Crippen LogP contribution in [0.1, 0.15) is 17.5 Å². The molecule has 2 aromatic rings. The maximum absolute atomic E-state index is 11.5. The number of benzene rings is 1. The van der Waals surface area contributed by atoms with Crippen molar-refractivity contribution < 1.29 is 13.9 Å². The molecule has 1 aromatic heterocycles. The molecule has 0 fully saturated rings. The zero-order valence-corrected chi connectivity index (χ0v) is 9.71. The van der Waals surface area contributed by atoms with E-state index in [9.17, 15) is 4.79 Å². The maximum Gasteiger partial charge on any atom is 0.374 e. The number of fused-ring (bicyclic) bond motifs is 1. The number of carbonyl (C=O) groups is 1. The van der Waals surface area contributed by atoms with Crippen LogP contribution in [0.25, 0.3) is 10.8 Å². The monoisotopic (exact) mass is 268 g/mol. The molecular weight excluding hydrogens is 260 g/mol. The molecule has 0 unspecified atom stereocenters. The Morgan fingerprint density at radius 3 is 3.07 bits per heavy atom. The Labute approximate surface area is 95.1 Å². The summed E-state index contributed by atoms with van der Waals surface area (Å²) < 4.78 is 11.0. The van der Waals surface area contributed by atoms with Gasteiger partial charge in [-0.15, -0.1) is 0 Å². The van der Waals surface area contributed by atoms with Gasteiger partial charge in [-0.3, -0.25) is 0 Å². The molecule has 3 nitrogen and oxygen atoms in total. The Kier molecular flexibility index (Phi) is 2.77. The van der Waals surface area contributed by atoms with Crippen molar-refractivity contribution in [2.45, 2.75) is 6.92 Å². The van der Waals surface area contributed by atoms with E-state index in [1.54, 1.807) is 13.2 Å². The van der Waals surface area contributed by atoms with E-state index in [4.69, 9.17) is 9.15 Å². The lowest BCUT2D eigenvalue weighted by atomic mass is 10.2. The average Bonchev–Trinajstić information content (AvgIpc) is 2.60. The SMILES string of the molecule is CCOC(=O)c1occ2cc(Br)ccc12. The highest BCUT2D eigenvalue weighted by molar-refractivity contribution is 9.10. The molecule has 78 valence electrons. The molecular formula is C11H9BrO3. The second-order valence-corrected chi connectivity index (χ2v) is 3.93. The Bertz CT molecular complexity index is 502. The fourth-order valence-electron chi connectivity index (χ4n) is 1.38. The maximum atomic E-state index is 11.5. The quantitative estimate of drug-likeness (QED) is 0.784. The van der Waals surface area contributed by atoms with Gasteiger partial charge in [-0.25, -0.2) is 4.79 Å². The second kappa shape index (κ2) is 4.06. The third-order valence-electron chi connectivity index (χ3n) is 2.02. The highest BCUT2D eigenvalue weighted by atomic mass is 79.9. The van der Waals surface area contributed by atoms with Crippen LogP contribution >= 0.6 is 15.9 Å². The first kappa shape index (κ1) is 10.2. The van der Waals surface area contributed by atoms with E-state index in [1.807, 2.05) is 18.2 Å².